The van der Waals surface area contributed by atoms with Gasteiger partial charge >= 0.3 is 0 Å². The lowest BCUT2D eigenvalue weighted by Crippen LogP contribution is -2.25. The Hall–Kier alpha value is -0.930. The molecule has 0 aromatic carbocycles. The molecule has 3 nitrogen and oxygen atoms in total. The second kappa shape index (κ2) is 5.83. The molecule has 0 radical (unpaired) electrons. The van der Waals surface area contributed by atoms with Crippen LogP contribution in [0, 0.1) is 5.92 Å². The highest BCUT2D eigenvalue weighted by molar-refractivity contribution is 5.03. The number of ether oxygens (including phenoxy) is 1. The molecule has 1 unspecified atom stereocenters. The molecule has 1 aliphatic heterocycles. The second-order valence-electron chi connectivity index (χ2n) is 4.00. The van der Waals surface area contributed by atoms with Crippen LogP contribution in [-0.4, -0.2) is 31.3 Å². The van der Waals surface area contributed by atoms with Crippen LogP contribution in [0.3, 0.4) is 0 Å². The van der Waals surface area contributed by atoms with Gasteiger partial charge in [-0.3, -0.25) is 4.98 Å². The van der Waals surface area contributed by atoms with Crippen molar-refractivity contribution in [2.24, 2.45) is 5.92 Å². The Kier molecular flexibility index (Phi) is 4.11. The van der Waals surface area contributed by atoms with Gasteiger partial charge in [-0.2, -0.15) is 0 Å². The highest BCUT2D eigenvalue weighted by Crippen LogP contribution is 2.10. The third-order valence-corrected chi connectivity index (χ3v) is 2.74. The van der Waals surface area contributed by atoms with E-state index in [2.05, 4.69) is 16.4 Å². The Morgan fingerprint density at radius 2 is 2.47 bits per heavy atom. The van der Waals surface area contributed by atoms with Crippen LogP contribution in [0.15, 0.2) is 24.4 Å². The summed E-state index contributed by atoms with van der Waals surface area (Å²) >= 11 is 0. The largest absolute Gasteiger partial charge is 0.381 e. The van der Waals surface area contributed by atoms with Gasteiger partial charge in [0.15, 0.2) is 0 Å². The Labute approximate surface area is 90.9 Å². The van der Waals surface area contributed by atoms with Crippen LogP contribution >= 0.6 is 0 Å². The van der Waals surface area contributed by atoms with Crippen LogP contribution in [0.4, 0.5) is 0 Å². The van der Waals surface area contributed by atoms with Crippen LogP contribution in [0.5, 0.6) is 0 Å². The molecule has 1 aromatic rings. The van der Waals surface area contributed by atoms with Crippen LogP contribution in [0.2, 0.25) is 0 Å². The minimum absolute atomic E-state index is 0.716. The van der Waals surface area contributed by atoms with Gasteiger partial charge in [-0.15, -0.1) is 0 Å². The van der Waals surface area contributed by atoms with Gasteiger partial charge < -0.3 is 10.1 Å². The van der Waals surface area contributed by atoms with E-state index in [1.54, 1.807) is 0 Å². The van der Waals surface area contributed by atoms with E-state index in [1.807, 2.05) is 18.3 Å². The predicted molar refractivity (Wildman–Crippen MR) is 59.7 cm³/mol. The summed E-state index contributed by atoms with van der Waals surface area (Å²) in [6, 6.07) is 6.06. The van der Waals surface area contributed by atoms with Gasteiger partial charge in [-0.25, -0.2) is 0 Å². The van der Waals surface area contributed by atoms with Crippen LogP contribution in [0.25, 0.3) is 0 Å². The summed E-state index contributed by atoms with van der Waals surface area (Å²) in [4.78, 5) is 4.28. The van der Waals surface area contributed by atoms with Crippen LogP contribution in [0.1, 0.15) is 12.1 Å². The number of nitrogens with zero attached hydrogens (tertiary/aromatic N) is 1. The van der Waals surface area contributed by atoms with Crippen molar-refractivity contribution in [2.45, 2.75) is 12.8 Å². The van der Waals surface area contributed by atoms with Crippen molar-refractivity contribution < 1.29 is 4.74 Å². The van der Waals surface area contributed by atoms with Gasteiger partial charge in [-0.05, 0) is 24.5 Å². The third-order valence-electron chi connectivity index (χ3n) is 2.74. The van der Waals surface area contributed by atoms with Crippen molar-refractivity contribution in [1.29, 1.82) is 0 Å². The average Bonchev–Trinajstić information content (AvgIpc) is 2.79. The van der Waals surface area contributed by atoms with E-state index in [1.165, 1.54) is 6.42 Å². The highest BCUT2D eigenvalue weighted by atomic mass is 16.5. The minimum atomic E-state index is 0.716. The van der Waals surface area contributed by atoms with E-state index in [-0.39, 0.29) is 0 Å². The summed E-state index contributed by atoms with van der Waals surface area (Å²) in [6.07, 6.45) is 4.06. The molecule has 1 aromatic heterocycles. The zero-order valence-electron chi connectivity index (χ0n) is 8.98. The van der Waals surface area contributed by atoms with E-state index in [4.69, 9.17) is 4.74 Å². The van der Waals surface area contributed by atoms with Crippen molar-refractivity contribution in [3.63, 3.8) is 0 Å². The topological polar surface area (TPSA) is 34.1 Å². The molecule has 2 heterocycles. The van der Waals surface area contributed by atoms with E-state index >= 15 is 0 Å². The molecule has 0 bridgehead atoms. The molecule has 1 N–H and O–H groups in total. The quantitative estimate of drug-likeness (QED) is 0.736. The van der Waals surface area contributed by atoms with Gasteiger partial charge in [0.05, 0.1) is 6.61 Å². The molecule has 0 saturated carbocycles. The standard InChI is InChI=1S/C12H18N2O/c1-2-6-14-12(3-1)4-7-13-9-11-5-8-15-10-11/h1-3,6,11,13H,4-5,7-10H2. The molecule has 1 saturated heterocycles. The zero-order chi connectivity index (χ0) is 10.3. The molecule has 0 amide bonds. The SMILES string of the molecule is c1ccc(CCNCC2CCOC2)nc1. The second-order valence-corrected chi connectivity index (χ2v) is 4.00. The van der Waals surface area contributed by atoms with Crippen molar-refractivity contribution in [3.8, 4) is 0 Å². The monoisotopic (exact) mass is 206 g/mol. The number of pyridine rings is 1. The highest BCUT2D eigenvalue weighted by Gasteiger charge is 2.14. The molecule has 2 rings (SSSR count). The Morgan fingerprint density at radius 3 is 3.20 bits per heavy atom. The molecule has 0 aliphatic carbocycles. The van der Waals surface area contributed by atoms with Crippen molar-refractivity contribution in [3.05, 3.63) is 30.1 Å². The zero-order valence-corrected chi connectivity index (χ0v) is 8.98. The molecular weight excluding hydrogens is 188 g/mol. The van der Waals surface area contributed by atoms with Crippen LogP contribution in [-0.2, 0) is 11.2 Å². The number of aromatic nitrogens is 1. The van der Waals surface area contributed by atoms with Gasteiger partial charge in [-0.1, -0.05) is 6.07 Å². The normalized spacial score (nSPS) is 20.7. The van der Waals surface area contributed by atoms with Crippen molar-refractivity contribution in [1.82, 2.24) is 10.3 Å². The maximum Gasteiger partial charge on any atom is 0.0507 e. The lowest BCUT2D eigenvalue weighted by Gasteiger charge is -2.08. The average molecular weight is 206 g/mol. The molecule has 1 fully saturated rings. The van der Waals surface area contributed by atoms with Crippen LogP contribution < -0.4 is 5.32 Å². The first kappa shape index (κ1) is 10.6. The first-order chi connectivity index (χ1) is 7.45. The van der Waals surface area contributed by atoms with E-state index in [0.717, 1.165) is 38.4 Å². The Bertz CT molecular complexity index is 270. The minimum Gasteiger partial charge on any atom is -0.381 e. The van der Waals surface area contributed by atoms with Gasteiger partial charge in [0.25, 0.3) is 0 Å². The molecule has 15 heavy (non-hydrogen) atoms. The molecule has 82 valence electrons. The summed E-state index contributed by atoms with van der Waals surface area (Å²) in [7, 11) is 0. The number of nitrogens with one attached hydrogen (secondary N) is 1. The first-order valence-electron chi connectivity index (χ1n) is 5.63. The molecule has 0 spiro atoms. The lowest BCUT2D eigenvalue weighted by molar-refractivity contribution is 0.185. The Morgan fingerprint density at radius 1 is 1.47 bits per heavy atom. The summed E-state index contributed by atoms with van der Waals surface area (Å²) in [5, 5.41) is 3.46. The van der Waals surface area contributed by atoms with E-state index in [0.29, 0.717) is 5.92 Å². The van der Waals surface area contributed by atoms with Crippen molar-refractivity contribution >= 4 is 0 Å². The van der Waals surface area contributed by atoms with E-state index < -0.39 is 0 Å². The third kappa shape index (κ3) is 3.61. The maximum atomic E-state index is 5.32. The molecule has 3 heteroatoms. The van der Waals surface area contributed by atoms with Crippen molar-refractivity contribution in [2.75, 3.05) is 26.3 Å². The summed E-state index contributed by atoms with van der Waals surface area (Å²) in [5.74, 6) is 0.716. The number of hydrogen-bond donors (Lipinski definition) is 1. The smallest absolute Gasteiger partial charge is 0.0507 e. The van der Waals surface area contributed by atoms with Gasteiger partial charge in [0, 0.05) is 38.0 Å². The number of hydrogen-bond acceptors (Lipinski definition) is 3. The first-order valence-corrected chi connectivity index (χ1v) is 5.63. The van der Waals surface area contributed by atoms with Gasteiger partial charge in [0.2, 0.25) is 0 Å². The summed E-state index contributed by atoms with van der Waals surface area (Å²) < 4.78 is 5.32. The molecule has 1 aliphatic rings. The summed E-state index contributed by atoms with van der Waals surface area (Å²) in [6.45, 7) is 3.95. The van der Waals surface area contributed by atoms with E-state index in [9.17, 15) is 0 Å². The fourth-order valence-corrected chi connectivity index (χ4v) is 1.81. The maximum absolute atomic E-state index is 5.32. The number of rotatable bonds is 5. The fourth-order valence-electron chi connectivity index (χ4n) is 1.81. The molecule has 1 atom stereocenters. The predicted octanol–water partition coefficient (Wildman–Crippen LogP) is 1.25. The molecular formula is C12H18N2O. The lowest BCUT2D eigenvalue weighted by atomic mass is 10.1. The Balaban J connectivity index is 1.59. The van der Waals surface area contributed by atoms with Gasteiger partial charge in [0.1, 0.15) is 0 Å². The summed E-state index contributed by atoms with van der Waals surface area (Å²) in [5.41, 5.74) is 1.16. The fraction of sp³-hybridized carbons (Fsp3) is 0.583.